The molecule has 0 saturated carbocycles. The Balaban J connectivity index is 1.79. The van der Waals surface area contributed by atoms with Crippen molar-refractivity contribution in [2.24, 2.45) is 0 Å². The summed E-state index contributed by atoms with van der Waals surface area (Å²) >= 11 is 6.70. The van der Waals surface area contributed by atoms with Gasteiger partial charge in [0, 0.05) is 0 Å². The van der Waals surface area contributed by atoms with Crippen molar-refractivity contribution in [3.63, 3.8) is 0 Å². The average molecular weight is 355 g/mol. The van der Waals surface area contributed by atoms with E-state index in [2.05, 4.69) is 6.92 Å². The number of thiocarbonyl (C=S) groups is 1. The van der Waals surface area contributed by atoms with E-state index >= 15 is 0 Å². The van der Waals surface area contributed by atoms with Gasteiger partial charge in [-0.2, -0.15) is 0 Å². The molecule has 1 aliphatic heterocycles. The fourth-order valence-electron chi connectivity index (χ4n) is 2.30. The van der Waals surface area contributed by atoms with Gasteiger partial charge in [0.15, 0.2) is 4.32 Å². The lowest BCUT2D eigenvalue weighted by Crippen LogP contribution is -2.27. The number of para-hydroxylation sites is 1. The van der Waals surface area contributed by atoms with Gasteiger partial charge < -0.3 is 4.74 Å². The summed E-state index contributed by atoms with van der Waals surface area (Å²) in [4.78, 5) is 14.9. The van der Waals surface area contributed by atoms with Crippen molar-refractivity contribution in [2.75, 3.05) is 11.5 Å². The molecule has 1 amide bonds. The molecular formula is C19H17NO2S2. The van der Waals surface area contributed by atoms with Crippen molar-refractivity contribution in [3.05, 3.63) is 65.1 Å². The summed E-state index contributed by atoms with van der Waals surface area (Å²) in [6.45, 7) is 2.78. The van der Waals surface area contributed by atoms with Gasteiger partial charge in [-0.05, 0) is 42.3 Å². The molecule has 0 bridgehead atoms. The van der Waals surface area contributed by atoms with Crippen LogP contribution in [0, 0.1) is 0 Å². The minimum absolute atomic E-state index is 0.0810. The number of amides is 1. The molecule has 24 heavy (non-hydrogen) atoms. The minimum Gasteiger partial charge on any atom is -0.494 e. The van der Waals surface area contributed by atoms with Gasteiger partial charge in [0.1, 0.15) is 5.75 Å². The molecule has 0 atom stereocenters. The van der Waals surface area contributed by atoms with E-state index < -0.39 is 0 Å². The first-order chi connectivity index (χ1) is 11.7. The lowest BCUT2D eigenvalue weighted by Gasteiger charge is -2.13. The van der Waals surface area contributed by atoms with Crippen molar-refractivity contribution < 1.29 is 9.53 Å². The molecule has 0 aliphatic carbocycles. The fraction of sp³-hybridized carbons (Fsp3) is 0.158. The molecule has 2 aromatic rings. The molecule has 0 spiro atoms. The molecule has 0 radical (unpaired) electrons. The van der Waals surface area contributed by atoms with E-state index in [1.54, 1.807) is 4.90 Å². The number of benzene rings is 2. The van der Waals surface area contributed by atoms with Crippen LogP contribution in [0.1, 0.15) is 18.9 Å². The van der Waals surface area contributed by atoms with Crippen LogP contribution in [0.4, 0.5) is 5.69 Å². The molecule has 3 nitrogen and oxygen atoms in total. The first-order valence-corrected chi connectivity index (χ1v) is 8.97. The number of carbonyl (C=O) groups excluding carboxylic acids is 1. The zero-order chi connectivity index (χ0) is 16.9. The third-order valence-corrected chi connectivity index (χ3v) is 4.76. The Kier molecular flexibility index (Phi) is 5.33. The zero-order valence-corrected chi connectivity index (χ0v) is 14.9. The van der Waals surface area contributed by atoms with Gasteiger partial charge >= 0.3 is 0 Å². The van der Waals surface area contributed by atoms with E-state index in [4.69, 9.17) is 17.0 Å². The number of rotatable bonds is 5. The second-order valence-electron chi connectivity index (χ2n) is 5.27. The molecule has 3 rings (SSSR count). The van der Waals surface area contributed by atoms with Crippen molar-refractivity contribution in [3.8, 4) is 5.75 Å². The molecule has 5 heteroatoms. The molecule has 1 saturated heterocycles. The SMILES string of the molecule is CCCOc1ccc(/C=C2/SC(=S)N(c3ccccc3)C2=O)cc1. The van der Waals surface area contributed by atoms with Crippen LogP contribution in [-0.2, 0) is 4.79 Å². The average Bonchev–Trinajstić information content (AvgIpc) is 2.88. The highest BCUT2D eigenvalue weighted by Crippen LogP contribution is 2.35. The van der Waals surface area contributed by atoms with Gasteiger partial charge in [-0.3, -0.25) is 9.69 Å². The normalized spacial score (nSPS) is 16.0. The summed E-state index contributed by atoms with van der Waals surface area (Å²) in [5.41, 5.74) is 1.75. The maximum Gasteiger partial charge on any atom is 0.270 e. The third-order valence-electron chi connectivity index (χ3n) is 3.46. The van der Waals surface area contributed by atoms with Gasteiger partial charge in [-0.25, -0.2) is 0 Å². The Morgan fingerprint density at radius 1 is 1.12 bits per heavy atom. The molecule has 2 aromatic carbocycles. The fourth-order valence-corrected chi connectivity index (χ4v) is 3.60. The molecule has 0 aromatic heterocycles. The first kappa shape index (κ1) is 16.7. The van der Waals surface area contributed by atoms with Crippen molar-refractivity contribution >= 4 is 46.0 Å². The van der Waals surface area contributed by atoms with Crippen molar-refractivity contribution in [1.82, 2.24) is 0 Å². The largest absolute Gasteiger partial charge is 0.494 e. The maximum absolute atomic E-state index is 12.7. The molecule has 0 N–H and O–H groups in total. The smallest absolute Gasteiger partial charge is 0.270 e. The molecular weight excluding hydrogens is 338 g/mol. The molecule has 1 fully saturated rings. The van der Waals surface area contributed by atoms with Crippen LogP contribution >= 0.6 is 24.0 Å². The van der Waals surface area contributed by atoms with Crippen LogP contribution in [0.2, 0.25) is 0 Å². The van der Waals surface area contributed by atoms with Crippen LogP contribution in [0.15, 0.2) is 59.5 Å². The van der Waals surface area contributed by atoms with Gasteiger partial charge in [0.05, 0.1) is 17.2 Å². The van der Waals surface area contributed by atoms with E-state index in [0.29, 0.717) is 15.8 Å². The number of nitrogens with zero attached hydrogens (tertiary/aromatic N) is 1. The van der Waals surface area contributed by atoms with E-state index in [1.807, 2.05) is 60.7 Å². The number of ether oxygens (including phenoxy) is 1. The van der Waals surface area contributed by atoms with Crippen LogP contribution in [0.3, 0.4) is 0 Å². The molecule has 122 valence electrons. The summed E-state index contributed by atoms with van der Waals surface area (Å²) in [5, 5.41) is 0. The van der Waals surface area contributed by atoms with Crippen LogP contribution < -0.4 is 9.64 Å². The zero-order valence-electron chi connectivity index (χ0n) is 13.3. The van der Waals surface area contributed by atoms with Crippen LogP contribution in [0.5, 0.6) is 5.75 Å². The molecule has 0 unspecified atom stereocenters. The highest BCUT2D eigenvalue weighted by atomic mass is 32.2. The number of carbonyl (C=O) groups is 1. The van der Waals surface area contributed by atoms with Crippen LogP contribution in [0.25, 0.3) is 6.08 Å². The predicted molar refractivity (Wildman–Crippen MR) is 104 cm³/mol. The quantitative estimate of drug-likeness (QED) is 0.565. The lowest BCUT2D eigenvalue weighted by atomic mass is 10.2. The Morgan fingerprint density at radius 2 is 1.83 bits per heavy atom. The summed E-state index contributed by atoms with van der Waals surface area (Å²) < 4.78 is 6.13. The van der Waals surface area contributed by atoms with Crippen molar-refractivity contribution in [1.29, 1.82) is 0 Å². The maximum atomic E-state index is 12.7. The number of hydrogen-bond donors (Lipinski definition) is 0. The number of hydrogen-bond acceptors (Lipinski definition) is 4. The first-order valence-electron chi connectivity index (χ1n) is 7.75. The van der Waals surface area contributed by atoms with E-state index in [1.165, 1.54) is 11.8 Å². The van der Waals surface area contributed by atoms with Crippen molar-refractivity contribution in [2.45, 2.75) is 13.3 Å². The Labute approximate surface area is 151 Å². The van der Waals surface area contributed by atoms with Gasteiger partial charge in [-0.1, -0.05) is 61.2 Å². The monoisotopic (exact) mass is 355 g/mol. The lowest BCUT2D eigenvalue weighted by molar-refractivity contribution is -0.113. The van der Waals surface area contributed by atoms with E-state index in [-0.39, 0.29) is 5.91 Å². The molecule has 1 heterocycles. The predicted octanol–water partition coefficient (Wildman–Crippen LogP) is 4.88. The van der Waals surface area contributed by atoms with E-state index in [9.17, 15) is 4.79 Å². The molecule has 1 aliphatic rings. The standard InChI is InChI=1S/C19H17NO2S2/c1-2-12-22-16-10-8-14(9-11-16)13-17-18(21)20(19(23)24-17)15-6-4-3-5-7-15/h3-11,13H,2,12H2,1H3/b17-13+. The summed E-state index contributed by atoms with van der Waals surface area (Å²) in [6.07, 6.45) is 2.84. The second-order valence-corrected chi connectivity index (χ2v) is 6.95. The third kappa shape index (κ3) is 3.68. The van der Waals surface area contributed by atoms with Gasteiger partial charge in [0.25, 0.3) is 5.91 Å². The van der Waals surface area contributed by atoms with Crippen LogP contribution in [-0.4, -0.2) is 16.8 Å². The Hall–Kier alpha value is -2.11. The van der Waals surface area contributed by atoms with Gasteiger partial charge in [0.2, 0.25) is 0 Å². The topological polar surface area (TPSA) is 29.5 Å². The van der Waals surface area contributed by atoms with Gasteiger partial charge in [-0.15, -0.1) is 0 Å². The second kappa shape index (κ2) is 7.64. The summed E-state index contributed by atoms with van der Waals surface area (Å²) in [5.74, 6) is 0.758. The Bertz CT molecular complexity index is 770. The highest BCUT2D eigenvalue weighted by molar-refractivity contribution is 8.27. The highest BCUT2D eigenvalue weighted by Gasteiger charge is 2.33. The summed E-state index contributed by atoms with van der Waals surface area (Å²) in [7, 11) is 0. The Morgan fingerprint density at radius 3 is 2.50 bits per heavy atom. The summed E-state index contributed by atoms with van der Waals surface area (Å²) in [6, 6.07) is 17.2. The number of anilines is 1. The number of thioether (sulfide) groups is 1. The van der Waals surface area contributed by atoms with E-state index in [0.717, 1.165) is 23.4 Å². The minimum atomic E-state index is -0.0810.